The topological polar surface area (TPSA) is 95.9 Å². The first-order valence-electron chi connectivity index (χ1n) is 11.6. The van der Waals surface area contributed by atoms with E-state index in [9.17, 15) is 14.4 Å². The van der Waals surface area contributed by atoms with Crippen molar-refractivity contribution in [3.05, 3.63) is 59.7 Å². The minimum atomic E-state index is -0.820. The Hall–Kier alpha value is -3.00. The lowest BCUT2D eigenvalue weighted by molar-refractivity contribution is -0.138. The monoisotopic (exact) mass is 482 g/mol. The first-order valence-corrected chi connectivity index (χ1v) is 12.8. The van der Waals surface area contributed by atoms with E-state index in [0.717, 1.165) is 0 Å². The number of nitrogens with zero attached hydrogens (tertiary/aromatic N) is 1. The van der Waals surface area contributed by atoms with Crippen molar-refractivity contribution in [3.63, 3.8) is 0 Å². The molecule has 1 saturated heterocycles. The molecule has 34 heavy (non-hydrogen) atoms. The third-order valence-electron chi connectivity index (χ3n) is 6.64. The Morgan fingerprint density at radius 3 is 2.35 bits per heavy atom. The molecule has 2 aromatic carbocycles. The predicted molar refractivity (Wildman–Crippen MR) is 132 cm³/mol. The van der Waals surface area contributed by atoms with Crippen LogP contribution in [0, 0.1) is 11.8 Å². The minimum absolute atomic E-state index is 0.0154. The molecule has 1 fully saturated rings. The van der Waals surface area contributed by atoms with Crippen molar-refractivity contribution in [2.24, 2.45) is 11.8 Å². The van der Waals surface area contributed by atoms with Crippen LogP contribution >= 0.6 is 11.8 Å². The number of carboxylic acids is 1. The van der Waals surface area contributed by atoms with Gasteiger partial charge >= 0.3 is 12.1 Å². The fourth-order valence-corrected chi connectivity index (χ4v) is 5.60. The third-order valence-corrected chi connectivity index (χ3v) is 7.59. The number of fused-ring (bicyclic) bond motifs is 3. The summed E-state index contributed by atoms with van der Waals surface area (Å²) in [6.45, 7) is 3.79. The van der Waals surface area contributed by atoms with E-state index < -0.39 is 12.1 Å². The number of hydrogen-bond acceptors (Lipinski definition) is 5. The number of rotatable bonds is 9. The van der Waals surface area contributed by atoms with Crippen LogP contribution in [0.1, 0.15) is 30.4 Å². The van der Waals surface area contributed by atoms with Crippen molar-refractivity contribution in [2.45, 2.75) is 19.3 Å². The van der Waals surface area contributed by atoms with Gasteiger partial charge in [-0.05, 0) is 34.1 Å². The molecule has 2 aliphatic rings. The zero-order valence-electron chi connectivity index (χ0n) is 19.2. The van der Waals surface area contributed by atoms with E-state index in [1.165, 1.54) is 34.0 Å². The SMILES string of the molecule is C[C@@H]1CN(C(=O)CSCCNC(=O)OCC2c3ccccc3-c3ccccc32)C[C@H]1CC(=O)O. The number of aliphatic carboxylic acids is 1. The molecule has 0 saturated carbocycles. The van der Waals surface area contributed by atoms with E-state index in [4.69, 9.17) is 9.84 Å². The molecule has 0 unspecified atom stereocenters. The standard InChI is InChI=1S/C26H30N2O5S/c1-17-13-28(14-18(17)12-25(30)31)24(29)16-34-11-10-27-26(32)33-15-23-21-8-4-2-6-19(21)20-7-3-5-9-22(20)23/h2-9,17-18,23H,10-16H2,1H3,(H,27,32)(H,30,31)/t17-,18-/m1/s1. The van der Waals surface area contributed by atoms with Gasteiger partial charge in [0.15, 0.2) is 0 Å². The number of alkyl carbamates (subject to hydrolysis) is 1. The lowest BCUT2D eigenvalue weighted by atomic mass is 9.95. The molecule has 8 heteroatoms. The van der Waals surface area contributed by atoms with Crippen molar-refractivity contribution in [1.82, 2.24) is 10.2 Å². The maximum absolute atomic E-state index is 12.4. The van der Waals surface area contributed by atoms with Crippen LogP contribution in [-0.4, -0.2) is 65.7 Å². The number of nitrogens with one attached hydrogen (secondary N) is 1. The minimum Gasteiger partial charge on any atom is -0.481 e. The summed E-state index contributed by atoms with van der Waals surface area (Å²) in [5.74, 6) is 0.349. The molecule has 4 rings (SSSR count). The van der Waals surface area contributed by atoms with E-state index in [2.05, 4.69) is 29.6 Å². The lowest BCUT2D eigenvalue weighted by Crippen LogP contribution is -2.31. The molecular formula is C26H30N2O5S. The summed E-state index contributed by atoms with van der Waals surface area (Å²) in [4.78, 5) is 37.3. The van der Waals surface area contributed by atoms with Crippen molar-refractivity contribution in [3.8, 4) is 11.1 Å². The first-order chi connectivity index (χ1) is 16.4. The van der Waals surface area contributed by atoms with Gasteiger partial charge in [-0.25, -0.2) is 4.79 Å². The summed E-state index contributed by atoms with van der Waals surface area (Å²) in [5, 5.41) is 11.8. The Balaban J connectivity index is 1.16. The second-order valence-corrected chi connectivity index (χ2v) is 10.0. The highest BCUT2D eigenvalue weighted by molar-refractivity contribution is 7.99. The van der Waals surface area contributed by atoms with Gasteiger partial charge in [-0.15, -0.1) is 0 Å². The summed E-state index contributed by atoms with van der Waals surface area (Å²) < 4.78 is 5.52. The van der Waals surface area contributed by atoms with Crippen molar-refractivity contribution >= 4 is 29.7 Å². The van der Waals surface area contributed by atoms with E-state index in [1.54, 1.807) is 4.90 Å². The Morgan fingerprint density at radius 1 is 1.06 bits per heavy atom. The zero-order valence-corrected chi connectivity index (χ0v) is 20.1. The van der Waals surface area contributed by atoms with Crippen LogP contribution in [0.15, 0.2) is 48.5 Å². The first kappa shape index (κ1) is 24.1. The van der Waals surface area contributed by atoms with Gasteiger partial charge in [-0.1, -0.05) is 55.5 Å². The fraction of sp³-hybridized carbons (Fsp3) is 0.423. The summed E-state index contributed by atoms with van der Waals surface area (Å²) in [6.07, 6.45) is -0.360. The quantitative estimate of drug-likeness (QED) is 0.528. The number of hydrogen-bond donors (Lipinski definition) is 2. The Morgan fingerprint density at radius 2 is 1.71 bits per heavy atom. The summed E-state index contributed by atoms with van der Waals surface area (Å²) >= 11 is 1.45. The Labute approximate surface area is 203 Å². The summed E-state index contributed by atoms with van der Waals surface area (Å²) in [7, 11) is 0. The Kier molecular flexibility index (Phi) is 7.77. The third kappa shape index (κ3) is 5.55. The van der Waals surface area contributed by atoms with Gasteiger partial charge < -0.3 is 20.1 Å². The number of benzene rings is 2. The molecule has 1 heterocycles. The maximum atomic E-state index is 12.4. The molecule has 2 N–H and O–H groups in total. The van der Waals surface area contributed by atoms with Crippen molar-refractivity contribution in [2.75, 3.05) is 37.7 Å². The van der Waals surface area contributed by atoms with E-state index in [0.29, 0.717) is 31.1 Å². The highest BCUT2D eigenvalue weighted by Gasteiger charge is 2.33. The van der Waals surface area contributed by atoms with Crippen LogP contribution in [0.5, 0.6) is 0 Å². The van der Waals surface area contributed by atoms with E-state index in [1.807, 2.05) is 31.2 Å². The van der Waals surface area contributed by atoms with Crippen LogP contribution in [-0.2, 0) is 14.3 Å². The van der Waals surface area contributed by atoms with Crippen LogP contribution < -0.4 is 5.32 Å². The average molecular weight is 483 g/mol. The highest BCUT2D eigenvalue weighted by atomic mass is 32.2. The fourth-order valence-electron chi connectivity index (χ4n) is 4.85. The number of ether oxygens (including phenoxy) is 1. The summed E-state index contributed by atoms with van der Waals surface area (Å²) in [6, 6.07) is 16.4. The predicted octanol–water partition coefficient (Wildman–Crippen LogP) is 3.83. The number of amides is 2. The highest BCUT2D eigenvalue weighted by Crippen LogP contribution is 2.44. The molecule has 180 valence electrons. The molecule has 2 atom stereocenters. The number of thioether (sulfide) groups is 1. The van der Waals surface area contributed by atoms with Gasteiger partial charge in [0, 0.05) is 31.3 Å². The molecule has 0 aromatic heterocycles. The van der Waals surface area contributed by atoms with E-state index >= 15 is 0 Å². The molecule has 2 amide bonds. The zero-order chi connectivity index (χ0) is 24.1. The van der Waals surface area contributed by atoms with Gasteiger partial charge in [0.1, 0.15) is 6.61 Å². The number of carbonyl (C=O) groups is 3. The molecule has 0 bridgehead atoms. The molecular weight excluding hydrogens is 452 g/mol. The average Bonchev–Trinajstić information content (AvgIpc) is 3.34. The molecule has 2 aromatic rings. The van der Waals surface area contributed by atoms with Crippen LogP contribution in [0.4, 0.5) is 4.79 Å². The number of likely N-dealkylation sites (tertiary alicyclic amines) is 1. The lowest BCUT2D eigenvalue weighted by Gasteiger charge is -2.16. The van der Waals surface area contributed by atoms with Crippen LogP contribution in [0.2, 0.25) is 0 Å². The molecule has 0 radical (unpaired) electrons. The van der Waals surface area contributed by atoms with Gasteiger partial charge in [0.25, 0.3) is 0 Å². The van der Waals surface area contributed by atoms with Crippen LogP contribution in [0.3, 0.4) is 0 Å². The van der Waals surface area contributed by atoms with Gasteiger partial charge in [0.05, 0.1) is 12.2 Å². The second kappa shape index (κ2) is 11.0. The molecule has 0 spiro atoms. The van der Waals surface area contributed by atoms with Crippen molar-refractivity contribution in [1.29, 1.82) is 0 Å². The van der Waals surface area contributed by atoms with Crippen LogP contribution in [0.25, 0.3) is 11.1 Å². The van der Waals surface area contributed by atoms with Gasteiger partial charge in [-0.3, -0.25) is 9.59 Å². The molecule has 7 nitrogen and oxygen atoms in total. The maximum Gasteiger partial charge on any atom is 0.407 e. The largest absolute Gasteiger partial charge is 0.481 e. The van der Waals surface area contributed by atoms with Gasteiger partial charge in [-0.2, -0.15) is 11.8 Å². The number of carbonyl (C=O) groups excluding carboxylic acids is 2. The number of carboxylic acid groups (broad SMARTS) is 1. The normalized spacial score (nSPS) is 18.9. The second-order valence-electron chi connectivity index (χ2n) is 8.94. The molecule has 1 aliphatic heterocycles. The van der Waals surface area contributed by atoms with Crippen molar-refractivity contribution < 1.29 is 24.2 Å². The van der Waals surface area contributed by atoms with Gasteiger partial charge in [0.2, 0.25) is 5.91 Å². The van der Waals surface area contributed by atoms with E-state index in [-0.39, 0.29) is 36.7 Å². The smallest absolute Gasteiger partial charge is 0.407 e. The Bertz CT molecular complexity index is 1010. The summed E-state index contributed by atoms with van der Waals surface area (Å²) in [5.41, 5.74) is 4.73. The molecule has 1 aliphatic carbocycles.